The molecule has 0 saturated heterocycles. The van der Waals surface area contributed by atoms with Gasteiger partial charge in [-0.05, 0) is 77.0 Å². The minimum atomic E-state index is -0.770. The monoisotopic (exact) mass is 1040 g/mol. The van der Waals surface area contributed by atoms with E-state index in [9.17, 15) is 14.4 Å². The Kier molecular flexibility index (Phi) is 61.1. The fourth-order valence-electron chi connectivity index (χ4n) is 9.88. The summed E-state index contributed by atoms with van der Waals surface area (Å²) in [6.07, 6.45) is 77.3. The molecule has 74 heavy (non-hydrogen) atoms. The molecule has 0 saturated carbocycles. The summed E-state index contributed by atoms with van der Waals surface area (Å²) in [6.45, 7) is 6.67. The Balaban J connectivity index is 4.20. The lowest BCUT2D eigenvalue weighted by Gasteiger charge is -2.18. The van der Waals surface area contributed by atoms with E-state index in [2.05, 4.69) is 57.2 Å². The fourth-order valence-corrected chi connectivity index (χ4v) is 9.88. The van der Waals surface area contributed by atoms with Crippen LogP contribution in [-0.4, -0.2) is 37.2 Å². The number of allylic oxidation sites excluding steroid dienone is 6. The quantitative estimate of drug-likeness (QED) is 0.0261. The lowest BCUT2D eigenvalue weighted by atomic mass is 10.0. The van der Waals surface area contributed by atoms with Gasteiger partial charge in [-0.25, -0.2) is 0 Å². The third kappa shape index (κ3) is 60.5. The smallest absolute Gasteiger partial charge is 0.306 e. The van der Waals surface area contributed by atoms with Gasteiger partial charge in [0.25, 0.3) is 0 Å². The van der Waals surface area contributed by atoms with Gasteiger partial charge in [0.15, 0.2) is 6.10 Å². The van der Waals surface area contributed by atoms with Crippen LogP contribution in [-0.2, 0) is 28.6 Å². The number of ether oxygens (including phenoxy) is 3. The van der Waals surface area contributed by atoms with Gasteiger partial charge in [-0.1, -0.05) is 301 Å². The minimum absolute atomic E-state index is 0.0686. The zero-order valence-electron chi connectivity index (χ0n) is 49.9. The maximum absolute atomic E-state index is 12.9. The number of rotatable bonds is 61. The molecule has 0 amide bonds. The highest BCUT2D eigenvalue weighted by molar-refractivity contribution is 5.71. The van der Waals surface area contributed by atoms with Crippen molar-refractivity contribution in [3.8, 4) is 0 Å². The molecule has 0 aliphatic carbocycles. The van der Waals surface area contributed by atoms with Crippen LogP contribution >= 0.6 is 0 Å². The van der Waals surface area contributed by atoms with Crippen LogP contribution in [0.25, 0.3) is 0 Å². The molecule has 0 aliphatic heterocycles. The molecule has 1 atom stereocenters. The Bertz CT molecular complexity index is 1240. The Morgan fingerprint density at radius 3 is 0.757 bits per heavy atom. The third-order valence-electron chi connectivity index (χ3n) is 14.9. The van der Waals surface area contributed by atoms with Crippen molar-refractivity contribution < 1.29 is 28.6 Å². The fraction of sp³-hybridized carbons (Fsp3) is 0.868. The molecule has 0 radical (unpaired) electrons. The molecule has 0 bridgehead atoms. The second kappa shape index (κ2) is 63.2. The van der Waals surface area contributed by atoms with Crippen molar-refractivity contribution in [1.29, 1.82) is 0 Å². The van der Waals surface area contributed by atoms with Crippen LogP contribution in [0.2, 0.25) is 0 Å². The van der Waals surface area contributed by atoms with E-state index in [0.29, 0.717) is 19.3 Å². The second-order valence-electron chi connectivity index (χ2n) is 22.4. The van der Waals surface area contributed by atoms with E-state index in [-0.39, 0.29) is 31.1 Å². The second-order valence-corrected chi connectivity index (χ2v) is 22.4. The van der Waals surface area contributed by atoms with Gasteiger partial charge in [-0.3, -0.25) is 14.4 Å². The maximum atomic E-state index is 12.9. The predicted molar refractivity (Wildman–Crippen MR) is 321 cm³/mol. The lowest BCUT2D eigenvalue weighted by molar-refractivity contribution is -0.167. The highest BCUT2D eigenvalue weighted by Gasteiger charge is 2.19. The average molecular weight is 1040 g/mol. The van der Waals surface area contributed by atoms with Crippen molar-refractivity contribution in [2.75, 3.05) is 13.2 Å². The molecular weight excluding hydrogens is 913 g/mol. The topological polar surface area (TPSA) is 78.9 Å². The molecule has 0 spiro atoms. The third-order valence-corrected chi connectivity index (χ3v) is 14.9. The summed E-state index contributed by atoms with van der Waals surface area (Å²) in [6, 6.07) is 0. The van der Waals surface area contributed by atoms with Crippen molar-refractivity contribution in [3.05, 3.63) is 36.5 Å². The van der Waals surface area contributed by atoms with E-state index in [1.807, 2.05) is 0 Å². The lowest BCUT2D eigenvalue weighted by Crippen LogP contribution is -2.30. The first-order valence-electron chi connectivity index (χ1n) is 33.0. The van der Waals surface area contributed by atoms with Crippen LogP contribution in [0.4, 0.5) is 0 Å². The summed E-state index contributed by atoms with van der Waals surface area (Å²) < 4.78 is 16.9. The Morgan fingerprint density at radius 1 is 0.270 bits per heavy atom. The number of carbonyl (C=O) groups excluding carboxylic acids is 3. The first kappa shape index (κ1) is 71.6. The van der Waals surface area contributed by atoms with E-state index in [4.69, 9.17) is 14.2 Å². The molecule has 0 fully saturated rings. The van der Waals surface area contributed by atoms with E-state index < -0.39 is 6.10 Å². The van der Waals surface area contributed by atoms with Crippen molar-refractivity contribution >= 4 is 17.9 Å². The first-order chi connectivity index (χ1) is 36.5. The summed E-state index contributed by atoms with van der Waals surface area (Å²) in [7, 11) is 0. The number of carbonyl (C=O) groups is 3. The molecule has 0 aromatic heterocycles. The summed E-state index contributed by atoms with van der Waals surface area (Å²) in [5, 5.41) is 0. The van der Waals surface area contributed by atoms with Crippen molar-refractivity contribution in [2.45, 2.75) is 367 Å². The Morgan fingerprint density at radius 2 is 0.486 bits per heavy atom. The molecule has 6 heteroatoms. The van der Waals surface area contributed by atoms with E-state index in [1.54, 1.807) is 0 Å². The van der Waals surface area contributed by atoms with Gasteiger partial charge >= 0.3 is 17.9 Å². The molecule has 0 aromatic rings. The first-order valence-corrected chi connectivity index (χ1v) is 33.0. The number of hydrogen-bond acceptors (Lipinski definition) is 6. The van der Waals surface area contributed by atoms with Crippen LogP contribution in [0.5, 0.6) is 0 Å². The van der Waals surface area contributed by atoms with Crippen molar-refractivity contribution in [2.24, 2.45) is 0 Å². The van der Waals surface area contributed by atoms with Crippen LogP contribution < -0.4 is 0 Å². The molecule has 1 unspecified atom stereocenters. The molecule has 0 rings (SSSR count). The van der Waals surface area contributed by atoms with E-state index in [1.165, 1.54) is 257 Å². The van der Waals surface area contributed by atoms with Crippen LogP contribution in [0.1, 0.15) is 361 Å². The number of esters is 3. The zero-order valence-corrected chi connectivity index (χ0v) is 49.9. The summed E-state index contributed by atoms with van der Waals surface area (Å²) in [4.78, 5) is 38.2. The highest BCUT2D eigenvalue weighted by atomic mass is 16.6. The number of unbranched alkanes of at least 4 members (excludes halogenated alkanes) is 44. The number of hydrogen-bond donors (Lipinski definition) is 0. The molecule has 0 aliphatic rings. The SMILES string of the molecule is CCCCCCC/C=C\C/C=C\CCCCCCCCCCCCCC(=O)OCC(COC(=O)CCCCCCCCCCCC)OC(=O)CCCCCCCCCCCCC/C=C\CCCCCCCCCC. The maximum Gasteiger partial charge on any atom is 0.306 e. The van der Waals surface area contributed by atoms with Gasteiger partial charge in [0.05, 0.1) is 0 Å². The van der Waals surface area contributed by atoms with Crippen LogP contribution in [0, 0.1) is 0 Å². The highest BCUT2D eigenvalue weighted by Crippen LogP contribution is 2.17. The van der Waals surface area contributed by atoms with Gasteiger partial charge in [-0.2, -0.15) is 0 Å². The summed E-state index contributed by atoms with van der Waals surface area (Å²) in [5.41, 5.74) is 0. The van der Waals surface area contributed by atoms with Gasteiger partial charge in [0, 0.05) is 19.3 Å². The zero-order chi connectivity index (χ0) is 53.6. The Hall–Kier alpha value is -2.37. The van der Waals surface area contributed by atoms with Gasteiger partial charge < -0.3 is 14.2 Å². The molecule has 6 nitrogen and oxygen atoms in total. The molecule has 0 heterocycles. The molecular formula is C68H126O6. The minimum Gasteiger partial charge on any atom is -0.462 e. The standard InChI is InChI=1S/C68H126O6/c1-4-7-10-13-16-19-22-24-26-28-30-32-34-36-38-40-42-44-46-49-52-55-58-61-67(70)73-64-65(63-72-66(69)60-57-54-51-48-21-18-15-12-9-6-3)74-68(71)62-59-56-53-50-47-45-43-41-39-37-35-33-31-29-27-25-23-20-17-14-11-8-5-2/h22,24,28-31,65H,4-21,23,25-27,32-64H2,1-3H3/b24-22-,30-28-,31-29-. The van der Waals surface area contributed by atoms with E-state index in [0.717, 1.165) is 64.2 Å². The predicted octanol–water partition coefficient (Wildman–Crippen LogP) is 22.4. The summed E-state index contributed by atoms with van der Waals surface area (Å²) >= 11 is 0. The molecule has 0 N–H and O–H groups in total. The van der Waals surface area contributed by atoms with Gasteiger partial charge in [-0.15, -0.1) is 0 Å². The van der Waals surface area contributed by atoms with Crippen molar-refractivity contribution in [3.63, 3.8) is 0 Å². The summed E-state index contributed by atoms with van der Waals surface area (Å²) in [5.74, 6) is -0.850. The van der Waals surface area contributed by atoms with Crippen LogP contribution in [0.3, 0.4) is 0 Å². The van der Waals surface area contributed by atoms with Gasteiger partial charge in [0.2, 0.25) is 0 Å². The van der Waals surface area contributed by atoms with E-state index >= 15 is 0 Å². The normalized spacial score (nSPS) is 12.2. The van der Waals surface area contributed by atoms with Crippen LogP contribution in [0.15, 0.2) is 36.5 Å². The van der Waals surface area contributed by atoms with Crippen molar-refractivity contribution in [1.82, 2.24) is 0 Å². The van der Waals surface area contributed by atoms with Gasteiger partial charge in [0.1, 0.15) is 13.2 Å². The molecule has 434 valence electrons. The molecule has 0 aromatic carbocycles. The largest absolute Gasteiger partial charge is 0.462 e. The Labute approximate surface area is 461 Å². The average Bonchev–Trinajstić information content (AvgIpc) is 3.40.